The number of carbonyl (C=O) groups is 3. The lowest BCUT2D eigenvalue weighted by Gasteiger charge is -2.19. The first-order chi connectivity index (χ1) is 11.9. The van der Waals surface area contributed by atoms with Gasteiger partial charge in [0.1, 0.15) is 5.75 Å². The zero-order chi connectivity index (χ0) is 18.6. The monoisotopic (exact) mass is 427 g/mol. The Kier molecular flexibility index (Phi) is 6.66. The Balaban J connectivity index is 2.30. The smallest absolute Gasteiger partial charge is 0.343 e. The molecular weight excluding hydrogens is 410 g/mol. The number of rotatable bonds is 6. The van der Waals surface area contributed by atoms with Gasteiger partial charge in [-0.25, -0.2) is 4.79 Å². The maximum atomic E-state index is 12.5. The van der Waals surface area contributed by atoms with Crippen LogP contribution in [-0.2, 0) is 14.3 Å². The summed E-state index contributed by atoms with van der Waals surface area (Å²) in [5, 5.41) is -0.280. The summed E-state index contributed by atoms with van der Waals surface area (Å²) < 4.78 is 10.8. The molecule has 0 bridgehead atoms. The van der Waals surface area contributed by atoms with E-state index >= 15 is 0 Å². The molecule has 25 heavy (non-hydrogen) atoms. The molecule has 0 unspecified atom stereocenters. The number of methoxy groups -OCH3 is 1. The number of amides is 2. The van der Waals surface area contributed by atoms with Gasteiger partial charge in [-0.1, -0.05) is 22.9 Å². The Morgan fingerprint density at radius 3 is 2.76 bits per heavy atom. The molecule has 1 saturated heterocycles. The maximum absolute atomic E-state index is 12.5. The van der Waals surface area contributed by atoms with Gasteiger partial charge >= 0.3 is 5.97 Å². The number of carbonyl (C=O) groups excluding carboxylic acids is 3. The lowest BCUT2D eigenvalue weighted by Crippen LogP contribution is -2.36. The molecule has 1 aromatic rings. The van der Waals surface area contributed by atoms with Crippen LogP contribution in [0.15, 0.2) is 27.6 Å². The van der Waals surface area contributed by atoms with Gasteiger partial charge in [-0.05, 0) is 49.4 Å². The summed E-state index contributed by atoms with van der Waals surface area (Å²) in [6.07, 6.45) is 2.29. The van der Waals surface area contributed by atoms with Crippen molar-refractivity contribution in [3.05, 3.63) is 33.1 Å². The zero-order valence-corrected chi connectivity index (χ0v) is 16.5. The maximum Gasteiger partial charge on any atom is 0.343 e. The average molecular weight is 428 g/mol. The summed E-state index contributed by atoms with van der Waals surface area (Å²) in [5.41, 5.74) is 0.591. The number of thioether (sulfide) groups is 1. The third-order valence-electron chi connectivity index (χ3n) is 3.69. The van der Waals surface area contributed by atoms with Crippen molar-refractivity contribution < 1.29 is 23.9 Å². The molecule has 1 fully saturated rings. The quantitative estimate of drug-likeness (QED) is 0.507. The van der Waals surface area contributed by atoms with E-state index in [0.29, 0.717) is 22.6 Å². The van der Waals surface area contributed by atoms with Gasteiger partial charge in [-0.2, -0.15) is 0 Å². The van der Waals surface area contributed by atoms with Crippen molar-refractivity contribution in [2.24, 2.45) is 0 Å². The fraction of sp³-hybridized carbons (Fsp3) is 0.353. The topological polar surface area (TPSA) is 72.9 Å². The Labute approximate surface area is 158 Å². The lowest BCUT2D eigenvalue weighted by atomic mass is 10.1. The first-order valence-electron chi connectivity index (χ1n) is 7.63. The molecule has 1 aliphatic rings. The molecule has 0 N–H and O–H groups in total. The van der Waals surface area contributed by atoms with Crippen molar-refractivity contribution in [3.8, 4) is 5.75 Å². The minimum Gasteiger partial charge on any atom is -0.481 e. The van der Waals surface area contributed by atoms with Crippen molar-refractivity contribution >= 4 is 50.9 Å². The summed E-state index contributed by atoms with van der Waals surface area (Å²) in [5.74, 6) is -0.404. The van der Waals surface area contributed by atoms with Crippen LogP contribution < -0.4 is 4.74 Å². The molecule has 1 aliphatic heterocycles. The summed E-state index contributed by atoms with van der Waals surface area (Å²) >= 11 is 4.27. The number of benzene rings is 1. The van der Waals surface area contributed by atoms with Crippen LogP contribution in [0, 0.1) is 0 Å². The van der Waals surface area contributed by atoms with E-state index in [-0.39, 0.29) is 23.8 Å². The van der Waals surface area contributed by atoms with E-state index in [1.165, 1.54) is 12.0 Å². The molecule has 0 saturated carbocycles. The second kappa shape index (κ2) is 8.53. The highest BCUT2D eigenvalue weighted by Gasteiger charge is 2.37. The highest BCUT2D eigenvalue weighted by atomic mass is 79.9. The second-order valence-corrected chi connectivity index (χ2v) is 7.26. The number of imide groups is 1. The van der Waals surface area contributed by atoms with E-state index < -0.39 is 5.97 Å². The van der Waals surface area contributed by atoms with Gasteiger partial charge in [0, 0.05) is 16.1 Å². The van der Waals surface area contributed by atoms with Crippen LogP contribution in [0.4, 0.5) is 4.79 Å². The number of nitrogens with zero attached hydrogens (tertiary/aromatic N) is 1. The summed E-state index contributed by atoms with van der Waals surface area (Å²) in [7, 11) is 1.28. The van der Waals surface area contributed by atoms with E-state index in [4.69, 9.17) is 4.74 Å². The van der Waals surface area contributed by atoms with Gasteiger partial charge in [-0.3, -0.25) is 14.5 Å². The first-order valence-corrected chi connectivity index (χ1v) is 9.24. The molecular formula is C17H18BrNO5S. The van der Waals surface area contributed by atoms with Gasteiger partial charge in [0.05, 0.1) is 12.0 Å². The van der Waals surface area contributed by atoms with Crippen molar-refractivity contribution in [3.63, 3.8) is 0 Å². The molecule has 0 radical (unpaired) electrons. The second-order valence-electron chi connectivity index (χ2n) is 5.36. The van der Waals surface area contributed by atoms with Gasteiger partial charge in [0.15, 0.2) is 6.61 Å². The molecule has 0 aliphatic carbocycles. The van der Waals surface area contributed by atoms with Crippen LogP contribution in [0.2, 0.25) is 0 Å². The summed E-state index contributed by atoms with van der Waals surface area (Å²) in [6, 6.07) is 5.03. The van der Waals surface area contributed by atoms with E-state index in [0.717, 1.165) is 16.2 Å². The number of hydrogen-bond acceptors (Lipinski definition) is 6. The average Bonchev–Trinajstić information content (AvgIpc) is 2.86. The third-order valence-corrected chi connectivity index (χ3v) is 5.06. The Hall–Kier alpha value is -1.80. The van der Waals surface area contributed by atoms with Crippen molar-refractivity contribution in [1.82, 2.24) is 4.90 Å². The number of halogens is 1. The van der Waals surface area contributed by atoms with Crippen LogP contribution in [0.25, 0.3) is 6.08 Å². The van der Waals surface area contributed by atoms with Crippen molar-refractivity contribution in [2.45, 2.75) is 26.3 Å². The molecule has 0 aromatic heterocycles. The minimum absolute atomic E-state index is 0.157. The minimum atomic E-state index is -0.508. The van der Waals surface area contributed by atoms with Gasteiger partial charge in [-0.15, -0.1) is 0 Å². The van der Waals surface area contributed by atoms with Gasteiger partial charge in [0.25, 0.3) is 11.1 Å². The molecule has 134 valence electrons. The predicted octanol–water partition coefficient (Wildman–Crippen LogP) is 3.84. The highest BCUT2D eigenvalue weighted by Crippen LogP contribution is 2.36. The molecule has 8 heteroatoms. The van der Waals surface area contributed by atoms with Crippen LogP contribution >= 0.6 is 27.7 Å². The van der Waals surface area contributed by atoms with E-state index in [1.807, 2.05) is 13.8 Å². The predicted molar refractivity (Wildman–Crippen MR) is 99.2 cm³/mol. The number of ether oxygens (including phenoxy) is 2. The highest BCUT2D eigenvalue weighted by molar-refractivity contribution is 9.10. The zero-order valence-electron chi connectivity index (χ0n) is 14.1. The fourth-order valence-electron chi connectivity index (χ4n) is 2.14. The van der Waals surface area contributed by atoms with E-state index in [9.17, 15) is 14.4 Å². The van der Waals surface area contributed by atoms with Crippen molar-refractivity contribution in [2.75, 3.05) is 13.7 Å². The van der Waals surface area contributed by atoms with E-state index in [2.05, 4.69) is 20.7 Å². The summed E-state index contributed by atoms with van der Waals surface area (Å²) in [4.78, 5) is 37.5. The summed E-state index contributed by atoms with van der Waals surface area (Å²) in [6.45, 7) is 3.52. The van der Waals surface area contributed by atoms with Gasteiger partial charge < -0.3 is 9.47 Å². The normalized spacial score (nSPS) is 17.1. The molecule has 1 atom stereocenters. The van der Waals surface area contributed by atoms with Crippen LogP contribution in [0.5, 0.6) is 5.75 Å². The van der Waals surface area contributed by atoms with E-state index in [1.54, 1.807) is 24.3 Å². The Morgan fingerprint density at radius 2 is 2.12 bits per heavy atom. The Bertz CT molecular complexity index is 734. The van der Waals surface area contributed by atoms with Crippen LogP contribution in [-0.4, -0.2) is 41.8 Å². The Morgan fingerprint density at radius 1 is 1.40 bits per heavy atom. The molecule has 2 rings (SSSR count). The first kappa shape index (κ1) is 19.5. The standard InChI is InChI=1S/C17H18BrNO5S/c1-4-10(2)19-16(21)14(25-17(19)22)8-11-7-12(18)5-6-13(11)24-9-15(20)23-3/h5-8,10H,4,9H2,1-3H3/b14-8-/t10-/m0/s1. The molecule has 6 nitrogen and oxygen atoms in total. The van der Waals surface area contributed by atoms with Gasteiger partial charge in [0.2, 0.25) is 0 Å². The van der Waals surface area contributed by atoms with Crippen LogP contribution in [0.1, 0.15) is 25.8 Å². The largest absolute Gasteiger partial charge is 0.481 e. The number of esters is 1. The molecule has 0 spiro atoms. The number of hydrogen-bond donors (Lipinski definition) is 0. The SMILES string of the molecule is CC[C@H](C)N1C(=O)S/C(=C\c2cc(Br)ccc2OCC(=O)OC)C1=O. The van der Waals surface area contributed by atoms with Crippen molar-refractivity contribution in [1.29, 1.82) is 0 Å². The molecule has 1 aromatic carbocycles. The molecule has 2 amide bonds. The van der Waals surface area contributed by atoms with Crippen LogP contribution in [0.3, 0.4) is 0 Å². The molecule has 1 heterocycles. The lowest BCUT2D eigenvalue weighted by molar-refractivity contribution is -0.142. The fourth-order valence-corrected chi connectivity index (χ4v) is 3.44. The third kappa shape index (κ3) is 4.64.